The standard InChI is InChI=1S/C12H16O/c1-10-6-5-9-12(10,13)11-7-3-2-4-8-11/h2-4,7-8,10,13H,5-6,9H2,1H3/t10-,12+/m0/s1. The summed E-state index contributed by atoms with van der Waals surface area (Å²) in [6.45, 7) is 2.14. The van der Waals surface area contributed by atoms with Crippen molar-refractivity contribution in [2.24, 2.45) is 5.92 Å². The van der Waals surface area contributed by atoms with E-state index in [0.29, 0.717) is 5.92 Å². The molecule has 1 heteroatoms. The summed E-state index contributed by atoms with van der Waals surface area (Å²) in [6.07, 6.45) is 3.20. The molecule has 2 rings (SSSR count). The molecule has 1 aromatic rings. The Morgan fingerprint density at radius 1 is 1.31 bits per heavy atom. The minimum absolute atomic E-state index is 0.398. The van der Waals surface area contributed by atoms with Gasteiger partial charge in [0, 0.05) is 0 Å². The molecule has 1 saturated carbocycles. The van der Waals surface area contributed by atoms with Gasteiger partial charge in [-0.15, -0.1) is 0 Å². The topological polar surface area (TPSA) is 20.2 Å². The van der Waals surface area contributed by atoms with Crippen molar-refractivity contribution >= 4 is 0 Å². The molecule has 0 spiro atoms. The zero-order chi connectivity index (χ0) is 9.31. The molecule has 70 valence electrons. The fourth-order valence-corrected chi connectivity index (χ4v) is 2.32. The smallest absolute Gasteiger partial charge is 0.0921 e. The van der Waals surface area contributed by atoms with E-state index in [4.69, 9.17) is 0 Å². The van der Waals surface area contributed by atoms with Crippen LogP contribution in [0.4, 0.5) is 0 Å². The van der Waals surface area contributed by atoms with Gasteiger partial charge in [0.2, 0.25) is 0 Å². The van der Waals surface area contributed by atoms with E-state index in [1.807, 2.05) is 30.3 Å². The molecule has 2 atom stereocenters. The fourth-order valence-electron chi connectivity index (χ4n) is 2.32. The molecule has 0 unspecified atom stereocenters. The number of hydrogen-bond donors (Lipinski definition) is 1. The van der Waals surface area contributed by atoms with Gasteiger partial charge >= 0.3 is 0 Å². The Morgan fingerprint density at radius 3 is 2.54 bits per heavy atom. The van der Waals surface area contributed by atoms with E-state index in [1.165, 1.54) is 0 Å². The Hall–Kier alpha value is -0.820. The summed E-state index contributed by atoms with van der Waals surface area (Å²) in [5, 5.41) is 10.4. The molecule has 0 saturated heterocycles. The zero-order valence-corrected chi connectivity index (χ0v) is 8.03. The van der Waals surface area contributed by atoms with Crippen LogP contribution in [0.25, 0.3) is 0 Å². The molecular weight excluding hydrogens is 160 g/mol. The largest absolute Gasteiger partial charge is 0.385 e. The molecule has 1 N–H and O–H groups in total. The molecule has 0 heterocycles. The summed E-state index contributed by atoms with van der Waals surface area (Å²) in [6, 6.07) is 10.0. The Balaban J connectivity index is 2.34. The van der Waals surface area contributed by atoms with E-state index in [1.54, 1.807) is 0 Å². The van der Waals surface area contributed by atoms with Gasteiger partial charge < -0.3 is 5.11 Å². The van der Waals surface area contributed by atoms with Gasteiger partial charge in [-0.2, -0.15) is 0 Å². The lowest BCUT2D eigenvalue weighted by molar-refractivity contribution is 0.00449. The number of rotatable bonds is 1. The van der Waals surface area contributed by atoms with Crippen LogP contribution < -0.4 is 0 Å². The third kappa shape index (κ3) is 1.37. The lowest BCUT2D eigenvalue weighted by atomic mass is 9.85. The summed E-state index contributed by atoms with van der Waals surface area (Å²) in [5.74, 6) is 0.398. The average molecular weight is 176 g/mol. The summed E-state index contributed by atoms with van der Waals surface area (Å²) >= 11 is 0. The molecule has 13 heavy (non-hydrogen) atoms. The minimum Gasteiger partial charge on any atom is -0.385 e. The van der Waals surface area contributed by atoms with Crippen LogP contribution in [0, 0.1) is 5.92 Å². The predicted octanol–water partition coefficient (Wildman–Crippen LogP) is 2.69. The van der Waals surface area contributed by atoms with Crippen molar-refractivity contribution < 1.29 is 5.11 Å². The van der Waals surface area contributed by atoms with Gasteiger partial charge in [0.15, 0.2) is 0 Å². The van der Waals surface area contributed by atoms with Crippen molar-refractivity contribution in [2.45, 2.75) is 31.8 Å². The third-order valence-electron chi connectivity index (χ3n) is 3.28. The maximum Gasteiger partial charge on any atom is 0.0921 e. The van der Waals surface area contributed by atoms with Crippen LogP contribution in [-0.2, 0) is 5.60 Å². The second kappa shape index (κ2) is 3.15. The molecule has 0 aliphatic heterocycles. The summed E-state index contributed by atoms with van der Waals surface area (Å²) in [5.41, 5.74) is 0.529. The van der Waals surface area contributed by atoms with Crippen LogP contribution in [0.5, 0.6) is 0 Å². The van der Waals surface area contributed by atoms with Crippen molar-refractivity contribution in [3.63, 3.8) is 0 Å². The van der Waals surface area contributed by atoms with Gasteiger partial charge in [-0.3, -0.25) is 0 Å². The Bertz CT molecular complexity index is 280. The van der Waals surface area contributed by atoms with E-state index in [2.05, 4.69) is 6.92 Å². The van der Waals surface area contributed by atoms with E-state index in [9.17, 15) is 5.11 Å². The van der Waals surface area contributed by atoms with Crippen LogP contribution >= 0.6 is 0 Å². The van der Waals surface area contributed by atoms with Crippen molar-refractivity contribution in [3.8, 4) is 0 Å². The van der Waals surface area contributed by atoms with Gasteiger partial charge in [0.05, 0.1) is 5.60 Å². The van der Waals surface area contributed by atoms with Gasteiger partial charge in [-0.25, -0.2) is 0 Å². The Morgan fingerprint density at radius 2 is 2.00 bits per heavy atom. The van der Waals surface area contributed by atoms with E-state index < -0.39 is 5.60 Å². The van der Waals surface area contributed by atoms with E-state index >= 15 is 0 Å². The van der Waals surface area contributed by atoms with E-state index in [-0.39, 0.29) is 0 Å². The zero-order valence-electron chi connectivity index (χ0n) is 8.03. The van der Waals surface area contributed by atoms with Gasteiger partial charge in [0.25, 0.3) is 0 Å². The molecule has 1 aliphatic carbocycles. The third-order valence-corrected chi connectivity index (χ3v) is 3.28. The van der Waals surface area contributed by atoms with Crippen molar-refractivity contribution in [1.82, 2.24) is 0 Å². The fraction of sp³-hybridized carbons (Fsp3) is 0.500. The van der Waals surface area contributed by atoms with Gasteiger partial charge in [-0.05, 0) is 30.7 Å². The number of hydrogen-bond acceptors (Lipinski definition) is 1. The van der Waals surface area contributed by atoms with Crippen LogP contribution in [-0.4, -0.2) is 5.11 Å². The molecule has 0 aromatic heterocycles. The van der Waals surface area contributed by atoms with Crippen LogP contribution in [0.2, 0.25) is 0 Å². The van der Waals surface area contributed by atoms with Gasteiger partial charge in [0.1, 0.15) is 0 Å². The highest BCUT2D eigenvalue weighted by atomic mass is 16.3. The highest BCUT2D eigenvalue weighted by Gasteiger charge is 2.39. The molecule has 0 amide bonds. The lowest BCUT2D eigenvalue weighted by Crippen LogP contribution is -2.28. The summed E-state index contributed by atoms with van der Waals surface area (Å²) < 4.78 is 0. The first kappa shape index (κ1) is 8.76. The molecule has 0 bridgehead atoms. The highest BCUT2D eigenvalue weighted by molar-refractivity contribution is 5.24. The first-order valence-electron chi connectivity index (χ1n) is 5.01. The number of benzene rings is 1. The normalized spacial score (nSPS) is 33.5. The Labute approximate surface area is 79.4 Å². The van der Waals surface area contributed by atoms with Crippen LogP contribution in [0.15, 0.2) is 30.3 Å². The van der Waals surface area contributed by atoms with Crippen molar-refractivity contribution in [2.75, 3.05) is 0 Å². The Kier molecular flexibility index (Phi) is 2.12. The highest BCUT2D eigenvalue weighted by Crippen LogP contribution is 2.42. The second-order valence-corrected chi connectivity index (χ2v) is 4.08. The summed E-state index contributed by atoms with van der Waals surface area (Å²) in [4.78, 5) is 0. The maximum absolute atomic E-state index is 10.4. The monoisotopic (exact) mass is 176 g/mol. The maximum atomic E-state index is 10.4. The average Bonchev–Trinajstić information content (AvgIpc) is 2.50. The summed E-state index contributed by atoms with van der Waals surface area (Å²) in [7, 11) is 0. The first-order chi connectivity index (χ1) is 6.23. The van der Waals surface area contributed by atoms with Crippen LogP contribution in [0.1, 0.15) is 31.7 Å². The van der Waals surface area contributed by atoms with Crippen LogP contribution in [0.3, 0.4) is 0 Å². The molecule has 0 radical (unpaired) electrons. The predicted molar refractivity (Wildman–Crippen MR) is 53.4 cm³/mol. The number of aliphatic hydroxyl groups is 1. The second-order valence-electron chi connectivity index (χ2n) is 4.08. The molecule has 1 aromatic carbocycles. The minimum atomic E-state index is -0.554. The SMILES string of the molecule is C[C@H]1CCC[C@]1(O)c1ccccc1. The van der Waals surface area contributed by atoms with Gasteiger partial charge in [-0.1, -0.05) is 37.3 Å². The van der Waals surface area contributed by atoms with E-state index in [0.717, 1.165) is 24.8 Å². The lowest BCUT2D eigenvalue weighted by Gasteiger charge is -2.28. The van der Waals surface area contributed by atoms with Crippen molar-refractivity contribution in [3.05, 3.63) is 35.9 Å². The quantitative estimate of drug-likeness (QED) is 0.697. The molecular formula is C12H16O. The molecule has 1 fully saturated rings. The first-order valence-corrected chi connectivity index (χ1v) is 5.01. The molecule has 1 nitrogen and oxygen atoms in total. The van der Waals surface area contributed by atoms with Crippen molar-refractivity contribution in [1.29, 1.82) is 0 Å². The molecule has 1 aliphatic rings.